The number of nitrogens with zero attached hydrogens (tertiary/aromatic N) is 1. The van der Waals surface area contributed by atoms with Gasteiger partial charge in [0.25, 0.3) is 0 Å². The van der Waals surface area contributed by atoms with Crippen molar-refractivity contribution >= 4 is 21.8 Å². The van der Waals surface area contributed by atoms with Gasteiger partial charge < -0.3 is 5.43 Å². The SMILES string of the molecule is CN=C(NN)c1cccc(Br)c1C. The number of benzene rings is 1. The van der Waals surface area contributed by atoms with Crippen molar-refractivity contribution in [2.45, 2.75) is 6.92 Å². The zero-order chi connectivity index (χ0) is 9.84. The Morgan fingerprint density at radius 1 is 1.54 bits per heavy atom. The van der Waals surface area contributed by atoms with E-state index in [1.807, 2.05) is 25.1 Å². The van der Waals surface area contributed by atoms with Crippen molar-refractivity contribution in [2.24, 2.45) is 10.8 Å². The molecule has 0 aliphatic heterocycles. The zero-order valence-electron chi connectivity index (χ0n) is 7.63. The average molecular weight is 242 g/mol. The van der Waals surface area contributed by atoms with Gasteiger partial charge in [0, 0.05) is 17.1 Å². The third-order valence-corrected chi connectivity index (χ3v) is 2.74. The van der Waals surface area contributed by atoms with Crippen LogP contribution in [0.2, 0.25) is 0 Å². The molecule has 0 aromatic heterocycles. The molecular formula is C9H12BrN3. The normalized spacial score (nSPS) is 11.5. The van der Waals surface area contributed by atoms with Crippen molar-refractivity contribution in [1.82, 2.24) is 5.43 Å². The molecule has 70 valence electrons. The lowest BCUT2D eigenvalue weighted by molar-refractivity contribution is 1.01. The molecule has 13 heavy (non-hydrogen) atoms. The second kappa shape index (κ2) is 4.39. The first-order valence-corrected chi connectivity index (χ1v) is 4.69. The van der Waals surface area contributed by atoms with E-state index in [0.29, 0.717) is 5.84 Å². The maximum absolute atomic E-state index is 5.34. The van der Waals surface area contributed by atoms with Crippen LogP contribution in [-0.4, -0.2) is 12.9 Å². The number of hydrogen-bond donors (Lipinski definition) is 2. The third kappa shape index (κ3) is 2.08. The molecule has 0 bridgehead atoms. The molecule has 1 aromatic carbocycles. The van der Waals surface area contributed by atoms with E-state index in [2.05, 4.69) is 26.3 Å². The zero-order valence-corrected chi connectivity index (χ0v) is 9.22. The molecule has 0 saturated heterocycles. The number of nitrogens with two attached hydrogens (primary N) is 1. The van der Waals surface area contributed by atoms with Gasteiger partial charge in [0.15, 0.2) is 0 Å². The molecule has 0 atom stereocenters. The van der Waals surface area contributed by atoms with Gasteiger partial charge in [-0.05, 0) is 18.6 Å². The molecule has 0 aliphatic rings. The first-order chi connectivity index (χ1) is 6.20. The summed E-state index contributed by atoms with van der Waals surface area (Å²) in [5.74, 6) is 6.03. The van der Waals surface area contributed by atoms with Crippen molar-refractivity contribution in [3.05, 3.63) is 33.8 Å². The van der Waals surface area contributed by atoms with Crippen molar-refractivity contribution in [1.29, 1.82) is 0 Å². The van der Waals surface area contributed by atoms with Gasteiger partial charge in [-0.2, -0.15) is 0 Å². The highest BCUT2D eigenvalue weighted by Gasteiger charge is 2.05. The molecule has 0 fully saturated rings. The summed E-state index contributed by atoms with van der Waals surface area (Å²) in [6.07, 6.45) is 0. The number of rotatable bonds is 1. The number of amidine groups is 1. The predicted molar refractivity (Wildman–Crippen MR) is 58.7 cm³/mol. The van der Waals surface area contributed by atoms with Gasteiger partial charge in [-0.3, -0.25) is 4.99 Å². The van der Waals surface area contributed by atoms with Crippen molar-refractivity contribution < 1.29 is 0 Å². The van der Waals surface area contributed by atoms with E-state index in [1.54, 1.807) is 7.05 Å². The highest BCUT2D eigenvalue weighted by atomic mass is 79.9. The largest absolute Gasteiger partial charge is 0.308 e. The van der Waals surface area contributed by atoms with Crippen LogP contribution in [0.1, 0.15) is 11.1 Å². The first-order valence-electron chi connectivity index (χ1n) is 3.89. The van der Waals surface area contributed by atoms with Crippen LogP contribution < -0.4 is 11.3 Å². The van der Waals surface area contributed by atoms with E-state index in [0.717, 1.165) is 15.6 Å². The molecule has 0 unspecified atom stereocenters. The van der Waals surface area contributed by atoms with Gasteiger partial charge in [-0.15, -0.1) is 0 Å². The molecule has 3 nitrogen and oxygen atoms in total. The van der Waals surface area contributed by atoms with E-state index in [4.69, 9.17) is 5.84 Å². The van der Waals surface area contributed by atoms with Crippen molar-refractivity contribution in [3.8, 4) is 0 Å². The standard InChI is InChI=1S/C9H12BrN3/c1-6-7(9(12-2)13-11)4-3-5-8(6)10/h3-5H,11H2,1-2H3,(H,12,13). The summed E-state index contributed by atoms with van der Waals surface area (Å²) < 4.78 is 1.06. The lowest BCUT2D eigenvalue weighted by Gasteiger charge is -2.08. The molecule has 0 saturated carbocycles. The highest BCUT2D eigenvalue weighted by Crippen LogP contribution is 2.19. The van der Waals surface area contributed by atoms with Gasteiger partial charge in [0.1, 0.15) is 5.84 Å². The van der Waals surface area contributed by atoms with Crippen molar-refractivity contribution in [3.63, 3.8) is 0 Å². The molecule has 0 aliphatic carbocycles. The minimum Gasteiger partial charge on any atom is -0.308 e. The van der Waals surface area contributed by atoms with E-state index in [9.17, 15) is 0 Å². The molecule has 4 heteroatoms. The Morgan fingerprint density at radius 2 is 2.23 bits per heavy atom. The average Bonchev–Trinajstić information content (AvgIpc) is 2.14. The van der Waals surface area contributed by atoms with Gasteiger partial charge in [-0.1, -0.05) is 28.1 Å². The molecule has 1 aromatic rings. The Bertz CT molecular complexity index is 334. The Kier molecular flexibility index (Phi) is 3.45. The van der Waals surface area contributed by atoms with E-state index in [-0.39, 0.29) is 0 Å². The minimum atomic E-state index is 0.693. The summed E-state index contributed by atoms with van der Waals surface area (Å²) in [4.78, 5) is 4.04. The van der Waals surface area contributed by atoms with E-state index >= 15 is 0 Å². The van der Waals surface area contributed by atoms with Crippen LogP contribution in [0.5, 0.6) is 0 Å². The van der Waals surface area contributed by atoms with Crippen LogP contribution in [0, 0.1) is 6.92 Å². The van der Waals surface area contributed by atoms with Crippen LogP contribution in [0.3, 0.4) is 0 Å². The van der Waals surface area contributed by atoms with Crippen LogP contribution in [0.15, 0.2) is 27.7 Å². The summed E-state index contributed by atoms with van der Waals surface area (Å²) in [6, 6.07) is 5.92. The van der Waals surface area contributed by atoms with Crippen LogP contribution in [0.25, 0.3) is 0 Å². The van der Waals surface area contributed by atoms with Gasteiger partial charge in [0.2, 0.25) is 0 Å². The second-order valence-electron chi connectivity index (χ2n) is 2.63. The number of aliphatic imine (C=N–C) groups is 1. The quantitative estimate of drug-likeness (QED) is 0.340. The molecule has 0 amide bonds. The number of hydrogen-bond acceptors (Lipinski definition) is 2. The highest BCUT2D eigenvalue weighted by molar-refractivity contribution is 9.10. The molecule has 0 radical (unpaired) electrons. The summed E-state index contributed by atoms with van der Waals surface area (Å²) >= 11 is 3.45. The Hall–Kier alpha value is -0.870. The number of nitrogens with one attached hydrogen (secondary N) is 1. The summed E-state index contributed by atoms with van der Waals surface area (Å²) in [6.45, 7) is 2.02. The summed E-state index contributed by atoms with van der Waals surface area (Å²) in [5, 5.41) is 0. The van der Waals surface area contributed by atoms with Gasteiger partial charge in [-0.25, -0.2) is 5.84 Å². The monoisotopic (exact) mass is 241 g/mol. The molecule has 1 rings (SSSR count). The molecular weight excluding hydrogens is 230 g/mol. The second-order valence-corrected chi connectivity index (χ2v) is 3.48. The Balaban J connectivity index is 3.22. The Labute approximate surface area is 86.1 Å². The van der Waals surface area contributed by atoms with E-state index in [1.165, 1.54) is 0 Å². The number of hydrazine groups is 1. The van der Waals surface area contributed by atoms with Crippen LogP contribution in [-0.2, 0) is 0 Å². The first kappa shape index (κ1) is 10.2. The molecule has 3 N–H and O–H groups in total. The van der Waals surface area contributed by atoms with Gasteiger partial charge in [0.05, 0.1) is 0 Å². The fourth-order valence-electron chi connectivity index (χ4n) is 1.13. The summed E-state index contributed by atoms with van der Waals surface area (Å²) in [5.41, 5.74) is 4.70. The Morgan fingerprint density at radius 3 is 2.77 bits per heavy atom. The van der Waals surface area contributed by atoms with E-state index < -0.39 is 0 Å². The lowest BCUT2D eigenvalue weighted by atomic mass is 10.1. The lowest BCUT2D eigenvalue weighted by Crippen LogP contribution is -2.31. The van der Waals surface area contributed by atoms with Crippen LogP contribution in [0.4, 0.5) is 0 Å². The number of halogens is 1. The fourth-order valence-corrected chi connectivity index (χ4v) is 1.49. The van der Waals surface area contributed by atoms with Crippen LogP contribution >= 0.6 is 15.9 Å². The predicted octanol–water partition coefficient (Wildman–Crippen LogP) is 1.60. The maximum Gasteiger partial charge on any atom is 0.142 e. The summed E-state index contributed by atoms with van der Waals surface area (Å²) in [7, 11) is 1.70. The minimum absolute atomic E-state index is 0.693. The fraction of sp³-hybridized carbons (Fsp3) is 0.222. The molecule has 0 spiro atoms. The van der Waals surface area contributed by atoms with Gasteiger partial charge >= 0.3 is 0 Å². The maximum atomic E-state index is 5.34. The molecule has 0 heterocycles. The third-order valence-electron chi connectivity index (χ3n) is 1.88. The van der Waals surface area contributed by atoms with Crippen molar-refractivity contribution in [2.75, 3.05) is 7.05 Å². The smallest absolute Gasteiger partial charge is 0.142 e. The topological polar surface area (TPSA) is 50.4 Å².